The SMILES string of the molecule is c1ccc([Si](c2ccccc2)(c2ccccc2)c2ccc(-c3cc(-c4cccc5oc6ccccc6c45)nc(-n4c5ccccc5c5cc(-n6c7ccccc7c7ccccc76)ccc54)n3)cc2)cc1. The van der Waals surface area contributed by atoms with Crippen molar-refractivity contribution in [1.29, 1.82) is 0 Å². The van der Waals surface area contributed by atoms with E-state index >= 15 is 0 Å². The molecule has 4 aromatic heterocycles. The predicted molar refractivity (Wildman–Crippen MR) is 292 cm³/mol. The topological polar surface area (TPSA) is 48.8 Å². The fourth-order valence-corrected chi connectivity index (χ4v) is 16.0. The van der Waals surface area contributed by atoms with Gasteiger partial charge in [-0.3, -0.25) is 4.57 Å². The van der Waals surface area contributed by atoms with Crippen molar-refractivity contribution in [2.24, 2.45) is 0 Å². The van der Waals surface area contributed by atoms with Gasteiger partial charge in [0.05, 0.1) is 33.5 Å². The molecule has 0 bridgehead atoms. The second-order valence-corrected chi connectivity index (χ2v) is 21.9. The van der Waals surface area contributed by atoms with Gasteiger partial charge < -0.3 is 8.98 Å². The first-order chi connectivity index (χ1) is 34.7. The molecule has 10 aromatic carbocycles. The molecule has 0 spiro atoms. The van der Waals surface area contributed by atoms with E-state index in [2.05, 4.69) is 246 Å². The van der Waals surface area contributed by atoms with Crippen LogP contribution in [0, 0.1) is 0 Å². The van der Waals surface area contributed by atoms with Crippen LogP contribution < -0.4 is 20.7 Å². The highest BCUT2D eigenvalue weighted by Crippen LogP contribution is 2.40. The second kappa shape index (κ2) is 16.0. The lowest BCUT2D eigenvalue weighted by Crippen LogP contribution is -2.74. The average molecular weight is 911 g/mol. The highest BCUT2D eigenvalue weighted by molar-refractivity contribution is 7.19. The average Bonchev–Trinajstić information content (AvgIpc) is 4.10. The molecule has 5 nitrogen and oxygen atoms in total. The van der Waals surface area contributed by atoms with Crippen molar-refractivity contribution in [2.75, 3.05) is 0 Å². The van der Waals surface area contributed by atoms with Gasteiger partial charge in [-0.2, -0.15) is 0 Å². The molecule has 0 atom stereocenters. The van der Waals surface area contributed by atoms with Gasteiger partial charge in [-0.25, -0.2) is 9.97 Å². The number of fused-ring (bicyclic) bond motifs is 9. The van der Waals surface area contributed by atoms with E-state index in [0.29, 0.717) is 5.95 Å². The predicted octanol–water partition coefficient (Wildman–Crippen LogP) is 13.3. The molecule has 0 radical (unpaired) electrons. The van der Waals surface area contributed by atoms with Crippen LogP contribution in [-0.4, -0.2) is 27.2 Å². The van der Waals surface area contributed by atoms with Gasteiger partial charge in [0.15, 0.2) is 8.07 Å². The number of furan rings is 1. The zero-order chi connectivity index (χ0) is 46.2. The molecule has 0 aliphatic rings. The number of hydrogen-bond donors (Lipinski definition) is 0. The van der Waals surface area contributed by atoms with Crippen LogP contribution in [0.5, 0.6) is 0 Å². The van der Waals surface area contributed by atoms with Crippen molar-refractivity contribution in [3.8, 4) is 34.2 Å². The zero-order valence-corrected chi connectivity index (χ0v) is 38.9. The molecule has 70 heavy (non-hydrogen) atoms. The Labute approximate surface area is 404 Å². The van der Waals surface area contributed by atoms with E-state index in [-0.39, 0.29) is 0 Å². The maximum Gasteiger partial charge on any atom is 0.235 e. The molecule has 0 unspecified atom stereocenters. The molecule has 14 rings (SSSR count). The highest BCUT2D eigenvalue weighted by Gasteiger charge is 2.41. The number of aromatic nitrogens is 4. The van der Waals surface area contributed by atoms with Crippen molar-refractivity contribution in [3.05, 3.63) is 255 Å². The van der Waals surface area contributed by atoms with Crippen molar-refractivity contribution >= 4 is 94.4 Å². The third kappa shape index (κ3) is 6.10. The summed E-state index contributed by atoms with van der Waals surface area (Å²) >= 11 is 0. The summed E-state index contributed by atoms with van der Waals surface area (Å²) in [4.78, 5) is 11.1. The fourth-order valence-electron chi connectivity index (χ4n) is 11.3. The molecular weight excluding hydrogens is 869 g/mol. The smallest absolute Gasteiger partial charge is 0.235 e. The lowest BCUT2D eigenvalue weighted by atomic mass is 10.0. The minimum absolute atomic E-state index is 0.596. The highest BCUT2D eigenvalue weighted by atomic mass is 28.3. The Morgan fingerprint density at radius 3 is 1.41 bits per heavy atom. The normalized spacial score (nSPS) is 12.0. The maximum absolute atomic E-state index is 6.45. The number of benzene rings is 10. The first-order valence-corrected chi connectivity index (χ1v) is 25.8. The standard InChI is InChI=1S/C64H42N4OSi/c1-4-19-45(20-5-1)70(46-21-6-2-7-22-46,47-23-8-3-9-24-47)48-38-35-43(36-39-48)55-42-56(52-29-18-34-62-63(52)53-28-13-17-33-61(53)69-62)66-64(65-55)68-59-32-16-12-27-51(59)54-41-44(37-40-60(54)68)67-57-30-14-10-25-49(57)50-26-11-15-31-58(50)67/h1-42H. The molecule has 0 N–H and O–H groups in total. The van der Waals surface area contributed by atoms with E-state index in [0.717, 1.165) is 71.9 Å². The van der Waals surface area contributed by atoms with Crippen LogP contribution in [0.3, 0.4) is 0 Å². The van der Waals surface area contributed by atoms with Gasteiger partial charge in [-0.05, 0) is 75.3 Å². The Bertz CT molecular complexity index is 4140. The Hall–Kier alpha value is -9.10. The van der Waals surface area contributed by atoms with Crippen LogP contribution in [0.4, 0.5) is 0 Å². The molecule has 0 aliphatic carbocycles. The van der Waals surface area contributed by atoms with Crippen LogP contribution in [0.2, 0.25) is 0 Å². The summed E-state index contributed by atoms with van der Waals surface area (Å²) in [5.41, 5.74) is 10.8. The molecule has 0 fully saturated rings. The summed E-state index contributed by atoms with van der Waals surface area (Å²) in [5.74, 6) is 0.596. The molecule has 0 aliphatic heterocycles. The second-order valence-electron chi connectivity index (χ2n) is 18.1. The van der Waals surface area contributed by atoms with Crippen LogP contribution in [-0.2, 0) is 0 Å². The number of para-hydroxylation sites is 4. The minimum atomic E-state index is -2.76. The lowest BCUT2D eigenvalue weighted by Gasteiger charge is -2.34. The molecular formula is C64H42N4OSi. The van der Waals surface area contributed by atoms with Crippen molar-refractivity contribution < 1.29 is 4.42 Å². The van der Waals surface area contributed by atoms with E-state index < -0.39 is 8.07 Å². The van der Waals surface area contributed by atoms with E-state index in [1.807, 2.05) is 18.2 Å². The Kier molecular flexibility index (Phi) is 9.15. The molecule has 4 heterocycles. The Balaban J connectivity index is 1.00. The molecule has 6 heteroatoms. The van der Waals surface area contributed by atoms with Crippen LogP contribution in [0.1, 0.15) is 0 Å². The summed E-state index contributed by atoms with van der Waals surface area (Å²) < 4.78 is 11.1. The largest absolute Gasteiger partial charge is 0.456 e. The summed E-state index contributed by atoms with van der Waals surface area (Å²) in [5, 5.41) is 12.1. The minimum Gasteiger partial charge on any atom is -0.456 e. The fraction of sp³-hybridized carbons (Fsp3) is 0. The quantitative estimate of drug-likeness (QED) is 0.113. The Morgan fingerprint density at radius 2 is 0.800 bits per heavy atom. The Morgan fingerprint density at radius 1 is 0.329 bits per heavy atom. The van der Waals surface area contributed by atoms with Crippen LogP contribution in [0.25, 0.3) is 99.7 Å². The first-order valence-electron chi connectivity index (χ1n) is 23.8. The van der Waals surface area contributed by atoms with Gasteiger partial charge in [0.1, 0.15) is 11.2 Å². The number of nitrogens with zero attached hydrogens (tertiary/aromatic N) is 4. The summed E-state index contributed by atoms with van der Waals surface area (Å²) in [6.07, 6.45) is 0. The van der Waals surface area contributed by atoms with E-state index in [9.17, 15) is 0 Å². The lowest BCUT2D eigenvalue weighted by molar-refractivity contribution is 0.669. The zero-order valence-electron chi connectivity index (χ0n) is 37.9. The van der Waals surface area contributed by atoms with Crippen molar-refractivity contribution in [3.63, 3.8) is 0 Å². The van der Waals surface area contributed by atoms with Gasteiger partial charge >= 0.3 is 0 Å². The van der Waals surface area contributed by atoms with Gasteiger partial charge in [-0.15, -0.1) is 0 Å². The molecule has 0 saturated heterocycles. The molecule has 0 amide bonds. The van der Waals surface area contributed by atoms with Crippen LogP contribution >= 0.6 is 0 Å². The van der Waals surface area contributed by atoms with Gasteiger partial charge in [0.2, 0.25) is 5.95 Å². The molecule has 328 valence electrons. The van der Waals surface area contributed by atoms with Crippen LogP contribution in [0.15, 0.2) is 259 Å². The summed E-state index contributed by atoms with van der Waals surface area (Å²) in [6, 6.07) is 91.9. The van der Waals surface area contributed by atoms with E-state index in [4.69, 9.17) is 14.4 Å². The third-order valence-electron chi connectivity index (χ3n) is 14.3. The van der Waals surface area contributed by atoms with Gasteiger partial charge in [0.25, 0.3) is 0 Å². The van der Waals surface area contributed by atoms with E-state index in [1.165, 1.54) is 42.6 Å². The molecule has 0 saturated carbocycles. The van der Waals surface area contributed by atoms with Gasteiger partial charge in [0, 0.05) is 49.1 Å². The third-order valence-corrected chi connectivity index (χ3v) is 19.1. The van der Waals surface area contributed by atoms with E-state index in [1.54, 1.807) is 0 Å². The maximum atomic E-state index is 6.45. The van der Waals surface area contributed by atoms with Crippen molar-refractivity contribution in [2.45, 2.75) is 0 Å². The first kappa shape index (κ1) is 40.0. The number of hydrogen-bond acceptors (Lipinski definition) is 3. The summed E-state index contributed by atoms with van der Waals surface area (Å²) in [7, 11) is -2.76. The van der Waals surface area contributed by atoms with Crippen molar-refractivity contribution in [1.82, 2.24) is 19.1 Å². The summed E-state index contributed by atoms with van der Waals surface area (Å²) in [6.45, 7) is 0. The number of rotatable bonds is 8. The van der Waals surface area contributed by atoms with Gasteiger partial charge in [-0.1, -0.05) is 200 Å². The molecule has 14 aromatic rings. The monoisotopic (exact) mass is 910 g/mol.